The standard InChI is InChI=1S/C30H34BrCl2N3O4S/c1-5-28(30(38)34-17-20(2)3)35(18-22-11-12-24(32)16-27(22)33)29(37)19-36(25-8-6-7-23(31)15-25)41(39,40)26-13-9-21(4)10-14-26/h6-16,20,28H,5,17-19H2,1-4H3,(H,34,38)/t28-/m1/s1. The van der Waals surface area contributed by atoms with Gasteiger partial charge in [-0.3, -0.25) is 13.9 Å². The molecule has 0 aliphatic rings. The average Bonchev–Trinajstić information content (AvgIpc) is 2.91. The van der Waals surface area contributed by atoms with E-state index in [4.69, 9.17) is 23.2 Å². The van der Waals surface area contributed by atoms with Gasteiger partial charge in [-0.1, -0.05) is 89.7 Å². The molecular weight excluding hydrogens is 649 g/mol. The molecule has 3 rings (SSSR count). The van der Waals surface area contributed by atoms with E-state index in [1.165, 1.54) is 17.0 Å². The fourth-order valence-electron chi connectivity index (χ4n) is 4.17. The van der Waals surface area contributed by atoms with Crippen LogP contribution in [0.5, 0.6) is 0 Å². The number of carbonyl (C=O) groups excluding carboxylic acids is 2. The van der Waals surface area contributed by atoms with Gasteiger partial charge in [-0.05, 0) is 67.3 Å². The van der Waals surface area contributed by atoms with Crippen LogP contribution in [-0.2, 0) is 26.2 Å². The van der Waals surface area contributed by atoms with Crippen molar-refractivity contribution in [3.05, 3.63) is 92.4 Å². The van der Waals surface area contributed by atoms with E-state index in [-0.39, 0.29) is 23.3 Å². The van der Waals surface area contributed by atoms with Gasteiger partial charge in [-0.2, -0.15) is 0 Å². The first-order valence-electron chi connectivity index (χ1n) is 13.2. The molecule has 0 aliphatic heterocycles. The molecule has 1 N–H and O–H groups in total. The van der Waals surface area contributed by atoms with Crippen molar-refractivity contribution in [2.75, 3.05) is 17.4 Å². The van der Waals surface area contributed by atoms with E-state index >= 15 is 0 Å². The van der Waals surface area contributed by atoms with Crippen molar-refractivity contribution >= 4 is 66.7 Å². The summed E-state index contributed by atoms with van der Waals surface area (Å²) in [5, 5.41) is 3.68. The highest BCUT2D eigenvalue weighted by atomic mass is 79.9. The second-order valence-corrected chi connectivity index (χ2v) is 13.7. The van der Waals surface area contributed by atoms with Crippen molar-refractivity contribution in [2.45, 2.75) is 51.6 Å². The Morgan fingerprint density at radius 1 is 1.00 bits per heavy atom. The minimum atomic E-state index is -4.16. The number of hydrogen-bond donors (Lipinski definition) is 1. The van der Waals surface area contributed by atoms with Gasteiger partial charge in [0.1, 0.15) is 12.6 Å². The number of nitrogens with one attached hydrogen (secondary N) is 1. The predicted octanol–water partition coefficient (Wildman–Crippen LogP) is 6.84. The number of carbonyl (C=O) groups is 2. The molecule has 0 bridgehead atoms. The van der Waals surface area contributed by atoms with E-state index in [1.807, 2.05) is 20.8 Å². The number of rotatable bonds is 12. The smallest absolute Gasteiger partial charge is 0.264 e. The molecule has 41 heavy (non-hydrogen) atoms. The second kappa shape index (κ2) is 14.5. The topological polar surface area (TPSA) is 86.8 Å². The van der Waals surface area contributed by atoms with E-state index in [0.29, 0.717) is 38.7 Å². The fraction of sp³-hybridized carbons (Fsp3) is 0.333. The van der Waals surface area contributed by atoms with Gasteiger partial charge < -0.3 is 10.2 Å². The van der Waals surface area contributed by atoms with Gasteiger partial charge >= 0.3 is 0 Å². The number of hydrogen-bond acceptors (Lipinski definition) is 4. The van der Waals surface area contributed by atoms with Crippen LogP contribution in [0.15, 0.2) is 76.1 Å². The molecule has 0 spiro atoms. The van der Waals surface area contributed by atoms with Crippen LogP contribution in [0.2, 0.25) is 10.0 Å². The number of anilines is 1. The van der Waals surface area contributed by atoms with Crippen molar-refractivity contribution in [3.8, 4) is 0 Å². The molecule has 3 aromatic carbocycles. The van der Waals surface area contributed by atoms with E-state index < -0.39 is 28.5 Å². The monoisotopic (exact) mass is 681 g/mol. The van der Waals surface area contributed by atoms with Gasteiger partial charge in [0.2, 0.25) is 11.8 Å². The van der Waals surface area contributed by atoms with Crippen LogP contribution in [0.25, 0.3) is 0 Å². The summed E-state index contributed by atoms with van der Waals surface area (Å²) in [5.41, 5.74) is 1.78. The lowest BCUT2D eigenvalue weighted by Crippen LogP contribution is -2.52. The maximum absolute atomic E-state index is 14.1. The van der Waals surface area contributed by atoms with Crippen molar-refractivity contribution in [1.29, 1.82) is 0 Å². The lowest BCUT2D eigenvalue weighted by Gasteiger charge is -2.33. The Hall–Kier alpha value is -2.59. The molecule has 11 heteroatoms. The molecular formula is C30H34BrCl2N3O4S. The Morgan fingerprint density at radius 2 is 1.68 bits per heavy atom. The molecule has 0 unspecified atom stereocenters. The predicted molar refractivity (Wildman–Crippen MR) is 169 cm³/mol. The minimum absolute atomic E-state index is 0.0145. The maximum Gasteiger partial charge on any atom is 0.264 e. The second-order valence-electron chi connectivity index (χ2n) is 10.1. The first-order valence-corrected chi connectivity index (χ1v) is 16.2. The van der Waals surface area contributed by atoms with Gasteiger partial charge in [0.05, 0.1) is 10.6 Å². The summed E-state index contributed by atoms with van der Waals surface area (Å²) < 4.78 is 29.6. The lowest BCUT2D eigenvalue weighted by atomic mass is 10.1. The highest BCUT2D eigenvalue weighted by molar-refractivity contribution is 9.10. The van der Waals surface area contributed by atoms with Crippen LogP contribution in [-0.4, -0.2) is 44.3 Å². The van der Waals surface area contributed by atoms with Crippen LogP contribution >= 0.6 is 39.1 Å². The molecule has 0 radical (unpaired) electrons. The van der Waals surface area contributed by atoms with Crippen molar-refractivity contribution in [2.24, 2.45) is 5.92 Å². The number of sulfonamides is 1. The molecule has 0 heterocycles. The van der Waals surface area contributed by atoms with Crippen LogP contribution in [0.4, 0.5) is 5.69 Å². The number of amides is 2. The molecule has 0 aliphatic carbocycles. The molecule has 220 valence electrons. The van der Waals surface area contributed by atoms with Gasteiger partial charge in [0.15, 0.2) is 0 Å². The molecule has 7 nitrogen and oxygen atoms in total. The Morgan fingerprint density at radius 3 is 2.27 bits per heavy atom. The SMILES string of the molecule is CC[C@H](C(=O)NCC(C)C)N(Cc1ccc(Cl)cc1Cl)C(=O)CN(c1cccc(Br)c1)S(=O)(=O)c1ccc(C)cc1. The third-order valence-corrected chi connectivity index (χ3v) is 9.28. The highest BCUT2D eigenvalue weighted by Gasteiger charge is 2.34. The zero-order valence-electron chi connectivity index (χ0n) is 23.4. The molecule has 0 saturated carbocycles. The normalized spacial score (nSPS) is 12.2. The van der Waals surface area contributed by atoms with Crippen molar-refractivity contribution in [1.82, 2.24) is 10.2 Å². The van der Waals surface area contributed by atoms with E-state index in [0.717, 1.165) is 9.87 Å². The molecule has 0 fully saturated rings. The van der Waals surface area contributed by atoms with Crippen LogP contribution in [0.3, 0.4) is 0 Å². The summed E-state index contributed by atoms with van der Waals surface area (Å²) in [6, 6.07) is 17.2. The third kappa shape index (κ3) is 8.70. The number of aryl methyl sites for hydroxylation is 1. The number of halogens is 3. The summed E-state index contributed by atoms with van der Waals surface area (Å²) in [6.07, 6.45) is 0.308. The summed E-state index contributed by atoms with van der Waals surface area (Å²) in [4.78, 5) is 28.9. The average molecular weight is 683 g/mol. The summed E-state index contributed by atoms with van der Waals surface area (Å²) in [7, 11) is -4.16. The van der Waals surface area contributed by atoms with E-state index in [9.17, 15) is 18.0 Å². The Balaban J connectivity index is 2.07. The number of nitrogens with zero attached hydrogens (tertiary/aromatic N) is 2. The van der Waals surface area contributed by atoms with Crippen LogP contribution < -0.4 is 9.62 Å². The fourth-order valence-corrected chi connectivity index (χ4v) is 6.43. The molecule has 0 aromatic heterocycles. The van der Waals surface area contributed by atoms with Gasteiger partial charge in [0.25, 0.3) is 10.0 Å². The molecule has 0 saturated heterocycles. The Labute approximate surface area is 261 Å². The third-order valence-electron chi connectivity index (χ3n) is 6.41. The lowest BCUT2D eigenvalue weighted by molar-refractivity contribution is -0.140. The zero-order valence-corrected chi connectivity index (χ0v) is 27.3. The first-order chi connectivity index (χ1) is 19.3. The highest BCUT2D eigenvalue weighted by Crippen LogP contribution is 2.28. The minimum Gasteiger partial charge on any atom is -0.354 e. The Kier molecular flexibility index (Phi) is 11.7. The molecule has 1 atom stereocenters. The van der Waals surface area contributed by atoms with Crippen molar-refractivity contribution < 1.29 is 18.0 Å². The molecule has 3 aromatic rings. The number of benzene rings is 3. The Bertz CT molecular complexity index is 1480. The van der Waals surface area contributed by atoms with Gasteiger partial charge in [-0.25, -0.2) is 8.42 Å². The summed E-state index contributed by atoms with van der Waals surface area (Å²) >= 11 is 16.0. The quantitative estimate of drug-likeness (QED) is 0.227. The largest absolute Gasteiger partial charge is 0.354 e. The van der Waals surface area contributed by atoms with Crippen LogP contribution in [0, 0.1) is 12.8 Å². The van der Waals surface area contributed by atoms with E-state index in [2.05, 4.69) is 21.2 Å². The zero-order chi connectivity index (χ0) is 30.3. The maximum atomic E-state index is 14.1. The van der Waals surface area contributed by atoms with Crippen LogP contribution in [0.1, 0.15) is 38.3 Å². The van der Waals surface area contributed by atoms with E-state index in [1.54, 1.807) is 61.5 Å². The summed E-state index contributed by atoms with van der Waals surface area (Å²) in [6.45, 7) is 7.50. The van der Waals surface area contributed by atoms with Gasteiger partial charge in [-0.15, -0.1) is 0 Å². The van der Waals surface area contributed by atoms with Gasteiger partial charge in [0, 0.05) is 27.6 Å². The van der Waals surface area contributed by atoms with Crippen molar-refractivity contribution in [3.63, 3.8) is 0 Å². The first kappa shape index (κ1) is 32.9. The molecule has 2 amide bonds. The summed E-state index contributed by atoms with van der Waals surface area (Å²) in [5.74, 6) is -0.675.